The summed E-state index contributed by atoms with van der Waals surface area (Å²) in [7, 11) is 0. The van der Waals surface area contributed by atoms with Crippen LogP contribution in [0.3, 0.4) is 0 Å². The van der Waals surface area contributed by atoms with E-state index in [0.717, 1.165) is 0 Å². The number of pyridine rings is 1. The zero-order chi connectivity index (χ0) is 9.47. The third-order valence-corrected chi connectivity index (χ3v) is 1.52. The van der Waals surface area contributed by atoms with Gasteiger partial charge in [0.2, 0.25) is 0 Å². The summed E-state index contributed by atoms with van der Waals surface area (Å²) < 4.78 is 35.9. The summed E-state index contributed by atoms with van der Waals surface area (Å²) in [5, 5.41) is 3.20. The van der Waals surface area contributed by atoms with Crippen LogP contribution in [0.5, 0.6) is 0 Å². The topological polar surface area (TPSA) is 28.3 Å². The highest BCUT2D eigenvalue weighted by Gasteiger charge is 2.48. The van der Waals surface area contributed by atoms with Crippen LogP contribution in [0.1, 0.15) is 5.56 Å². The van der Waals surface area contributed by atoms with Gasteiger partial charge in [-0.3, -0.25) is 4.98 Å². The van der Waals surface area contributed by atoms with E-state index in [1.165, 1.54) is 18.5 Å². The van der Waals surface area contributed by atoms with Gasteiger partial charge < -0.3 is 0 Å². The van der Waals surface area contributed by atoms with E-state index in [0.29, 0.717) is 5.56 Å². The van der Waals surface area contributed by atoms with Gasteiger partial charge in [0.1, 0.15) is 0 Å². The van der Waals surface area contributed by atoms with Gasteiger partial charge in [0.05, 0.1) is 0 Å². The number of alkyl halides is 3. The molecule has 0 amide bonds. The van der Waals surface area contributed by atoms with Gasteiger partial charge in [-0.05, 0) is 12.1 Å². The standard InChI is InChI=1S/C7H4F3N3/c8-7(9,10)13-6(12-13)5-2-1-3-11-4-5/h1-4H. The Labute approximate surface area is 71.5 Å². The third-order valence-electron chi connectivity index (χ3n) is 1.52. The predicted molar refractivity (Wildman–Crippen MR) is 38.7 cm³/mol. The minimum Gasteiger partial charge on any atom is -0.264 e. The maximum atomic E-state index is 12.0. The molecule has 68 valence electrons. The Kier molecular flexibility index (Phi) is 1.51. The average molecular weight is 187 g/mol. The number of nitrogens with zero attached hydrogens (tertiary/aromatic N) is 3. The lowest BCUT2D eigenvalue weighted by molar-refractivity contribution is -0.201. The van der Waals surface area contributed by atoms with Crippen molar-refractivity contribution in [1.82, 2.24) is 9.99 Å². The molecule has 0 saturated heterocycles. The highest BCUT2D eigenvalue weighted by Crippen LogP contribution is 2.32. The van der Waals surface area contributed by atoms with Gasteiger partial charge >= 0.3 is 6.30 Å². The van der Waals surface area contributed by atoms with Crippen molar-refractivity contribution in [2.75, 3.05) is 0 Å². The van der Waals surface area contributed by atoms with Gasteiger partial charge in [0, 0.05) is 18.0 Å². The maximum Gasteiger partial charge on any atom is 0.506 e. The SMILES string of the molecule is FC(F)(F)N1N=C1c1cccnc1. The molecule has 1 aliphatic heterocycles. The van der Waals surface area contributed by atoms with Crippen molar-refractivity contribution in [3.8, 4) is 0 Å². The lowest BCUT2D eigenvalue weighted by Crippen LogP contribution is -2.25. The van der Waals surface area contributed by atoms with Crippen LogP contribution in [-0.2, 0) is 0 Å². The van der Waals surface area contributed by atoms with Crippen molar-refractivity contribution in [3.63, 3.8) is 0 Å². The number of aromatic nitrogens is 1. The molecule has 0 unspecified atom stereocenters. The van der Waals surface area contributed by atoms with Crippen LogP contribution in [-0.4, -0.2) is 22.1 Å². The second kappa shape index (κ2) is 2.45. The number of hydrazone groups is 1. The zero-order valence-electron chi connectivity index (χ0n) is 6.28. The molecule has 1 aliphatic rings. The Morgan fingerprint density at radius 1 is 1.31 bits per heavy atom. The molecule has 1 aromatic heterocycles. The molecule has 2 heterocycles. The summed E-state index contributed by atoms with van der Waals surface area (Å²) in [4.78, 5) is 3.69. The molecule has 0 saturated carbocycles. The molecule has 3 nitrogen and oxygen atoms in total. The molecule has 0 aromatic carbocycles. The predicted octanol–water partition coefficient (Wildman–Crippen LogP) is 1.58. The van der Waals surface area contributed by atoms with Crippen molar-refractivity contribution in [1.29, 1.82) is 0 Å². The van der Waals surface area contributed by atoms with E-state index in [1.54, 1.807) is 6.07 Å². The molecular weight excluding hydrogens is 183 g/mol. The van der Waals surface area contributed by atoms with E-state index in [-0.39, 0.29) is 10.8 Å². The molecule has 0 aliphatic carbocycles. The van der Waals surface area contributed by atoms with Crippen LogP contribution in [0.25, 0.3) is 0 Å². The van der Waals surface area contributed by atoms with E-state index in [2.05, 4.69) is 10.1 Å². The molecule has 0 radical (unpaired) electrons. The number of rotatable bonds is 1. The van der Waals surface area contributed by atoms with Crippen molar-refractivity contribution in [2.24, 2.45) is 5.10 Å². The van der Waals surface area contributed by atoms with Gasteiger partial charge in [-0.15, -0.1) is 23.3 Å². The summed E-state index contributed by atoms with van der Waals surface area (Å²) in [6, 6.07) is 3.09. The van der Waals surface area contributed by atoms with Crippen LogP contribution in [0.4, 0.5) is 13.2 Å². The van der Waals surface area contributed by atoms with Crippen LogP contribution in [0.15, 0.2) is 29.6 Å². The number of amidine groups is 1. The third kappa shape index (κ3) is 1.47. The molecular formula is C7H4F3N3. The molecule has 0 atom stereocenters. The van der Waals surface area contributed by atoms with Gasteiger partial charge in [-0.1, -0.05) is 0 Å². The van der Waals surface area contributed by atoms with E-state index < -0.39 is 6.30 Å². The quantitative estimate of drug-likeness (QED) is 0.624. The van der Waals surface area contributed by atoms with Gasteiger partial charge in [-0.2, -0.15) is 0 Å². The molecule has 0 N–H and O–H groups in total. The Morgan fingerprint density at radius 3 is 2.54 bits per heavy atom. The number of halogens is 3. The summed E-state index contributed by atoms with van der Waals surface area (Å²) in [6.07, 6.45) is -1.58. The fraction of sp³-hybridized carbons (Fsp3) is 0.143. The molecule has 2 rings (SSSR count). The maximum absolute atomic E-state index is 12.0. The first-order valence-corrected chi connectivity index (χ1v) is 3.45. The van der Waals surface area contributed by atoms with Crippen LogP contribution < -0.4 is 0 Å². The number of hydrogen-bond acceptors (Lipinski definition) is 3. The van der Waals surface area contributed by atoms with Gasteiger partial charge in [0.15, 0.2) is 5.84 Å². The minimum absolute atomic E-state index is 0.0179. The zero-order valence-corrected chi connectivity index (χ0v) is 6.28. The van der Waals surface area contributed by atoms with Crippen molar-refractivity contribution >= 4 is 5.84 Å². The van der Waals surface area contributed by atoms with E-state index in [1.807, 2.05) is 0 Å². The van der Waals surface area contributed by atoms with Crippen molar-refractivity contribution in [2.45, 2.75) is 6.30 Å². The van der Waals surface area contributed by atoms with E-state index in [9.17, 15) is 13.2 Å². The largest absolute Gasteiger partial charge is 0.506 e. The van der Waals surface area contributed by atoms with E-state index in [4.69, 9.17) is 0 Å². The first-order chi connectivity index (χ1) is 6.09. The Bertz CT molecular complexity index is 344. The summed E-state index contributed by atoms with van der Waals surface area (Å²) in [5.74, 6) is -0.0828. The second-order valence-corrected chi connectivity index (χ2v) is 2.44. The van der Waals surface area contributed by atoms with Crippen molar-refractivity contribution in [3.05, 3.63) is 30.1 Å². The molecule has 1 aromatic rings. The molecule has 13 heavy (non-hydrogen) atoms. The first kappa shape index (κ1) is 8.03. The minimum atomic E-state index is -4.41. The summed E-state index contributed by atoms with van der Waals surface area (Å²) in [6.45, 7) is 0. The van der Waals surface area contributed by atoms with Gasteiger partial charge in [0.25, 0.3) is 0 Å². The van der Waals surface area contributed by atoms with Crippen LogP contribution >= 0.6 is 0 Å². The van der Waals surface area contributed by atoms with E-state index >= 15 is 0 Å². The Hall–Kier alpha value is -1.59. The van der Waals surface area contributed by atoms with Crippen molar-refractivity contribution < 1.29 is 13.2 Å². The Balaban J connectivity index is 2.13. The number of hydrogen-bond donors (Lipinski definition) is 0. The normalized spacial score (nSPS) is 15.6. The second-order valence-electron chi connectivity index (χ2n) is 2.44. The molecule has 6 heteroatoms. The lowest BCUT2D eigenvalue weighted by Gasteiger charge is -2.05. The van der Waals surface area contributed by atoms with Crippen LogP contribution in [0, 0.1) is 0 Å². The summed E-state index contributed by atoms with van der Waals surface area (Å²) in [5.41, 5.74) is 0.375. The fourth-order valence-electron chi connectivity index (χ4n) is 0.924. The smallest absolute Gasteiger partial charge is 0.264 e. The highest BCUT2D eigenvalue weighted by atomic mass is 19.4. The molecule has 0 spiro atoms. The average Bonchev–Trinajstić information content (AvgIpc) is 2.83. The lowest BCUT2D eigenvalue weighted by atomic mass is 10.3. The molecule has 0 bridgehead atoms. The van der Waals surface area contributed by atoms with Gasteiger partial charge in [-0.25, -0.2) is 0 Å². The first-order valence-electron chi connectivity index (χ1n) is 3.45. The monoisotopic (exact) mass is 187 g/mol. The summed E-state index contributed by atoms with van der Waals surface area (Å²) >= 11 is 0. The van der Waals surface area contributed by atoms with Crippen LogP contribution in [0.2, 0.25) is 0 Å². The molecule has 0 fully saturated rings. The highest BCUT2D eigenvalue weighted by molar-refractivity contribution is 6.05. The Morgan fingerprint density at radius 2 is 2.08 bits per heavy atom. The fourth-order valence-corrected chi connectivity index (χ4v) is 0.924.